The molecule has 2 rings (SSSR count). The SMILES string of the molecule is C#CCOCCC(=O)N1C[C@@H](O)C[C@@H]1c1ccc(C(F)(F)F)cc1. The standard InChI is InChI=1S/C17H18F3NO3/c1-2-8-24-9-7-16(23)21-11-14(22)10-15(21)12-3-5-13(6-4-12)17(18,19)20/h1,3-6,14-15,22H,7-11H2/t14-,15+/m0/s1. The maximum absolute atomic E-state index is 12.6. The largest absolute Gasteiger partial charge is 0.416 e. The molecule has 1 amide bonds. The van der Waals surface area contributed by atoms with Gasteiger partial charge in [-0.3, -0.25) is 4.79 Å². The maximum atomic E-state index is 12.6. The second-order valence-electron chi connectivity index (χ2n) is 5.58. The number of nitrogens with zero attached hydrogens (tertiary/aromatic N) is 1. The Kier molecular flexibility index (Phi) is 5.86. The molecule has 1 aromatic rings. The summed E-state index contributed by atoms with van der Waals surface area (Å²) in [5.74, 6) is 2.06. The number of hydrogen-bond donors (Lipinski definition) is 1. The van der Waals surface area contributed by atoms with Crippen molar-refractivity contribution in [3.63, 3.8) is 0 Å². The second-order valence-corrected chi connectivity index (χ2v) is 5.58. The summed E-state index contributed by atoms with van der Waals surface area (Å²) in [5, 5.41) is 9.84. The van der Waals surface area contributed by atoms with E-state index in [2.05, 4.69) is 5.92 Å². The zero-order valence-electron chi connectivity index (χ0n) is 12.9. The molecular formula is C17H18F3NO3. The maximum Gasteiger partial charge on any atom is 0.416 e. The molecular weight excluding hydrogens is 323 g/mol. The topological polar surface area (TPSA) is 49.8 Å². The van der Waals surface area contributed by atoms with Crippen LogP contribution in [0.3, 0.4) is 0 Å². The van der Waals surface area contributed by atoms with Gasteiger partial charge in [0.25, 0.3) is 0 Å². The Morgan fingerprint density at radius 1 is 1.38 bits per heavy atom. The molecule has 24 heavy (non-hydrogen) atoms. The summed E-state index contributed by atoms with van der Waals surface area (Å²) in [6, 6.07) is 4.22. The number of carbonyl (C=O) groups is 1. The van der Waals surface area contributed by atoms with Crippen LogP contribution in [0.1, 0.15) is 30.0 Å². The van der Waals surface area contributed by atoms with Crippen molar-refractivity contribution in [2.75, 3.05) is 19.8 Å². The van der Waals surface area contributed by atoms with Crippen molar-refractivity contribution in [3.05, 3.63) is 35.4 Å². The third kappa shape index (κ3) is 4.49. The Morgan fingerprint density at radius 2 is 2.04 bits per heavy atom. The fourth-order valence-electron chi connectivity index (χ4n) is 2.73. The average molecular weight is 341 g/mol. The van der Waals surface area contributed by atoms with Gasteiger partial charge in [-0.15, -0.1) is 6.42 Å². The summed E-state index contributed by atoms with van der Waals surface area (Å²) in [6.45, 7) is 0.424. The van der Waals surface area contributed by atoms with Crippen molar-refractivity contribution in [3.8, 4) is 12.3 Å². The Labute approximate surface area is 138 Å². The molecule has 0 saturated carbocycles. The number of halogens is 3. The van der Waals surface area contributed by atoms with Gasteiger partial charge in [-0.05, 0) is 24.1 Å². The molecule has 0 unspecified atom stereocenters. The van der Waals surface area contributed by atoms with E-state index < -0.39 is 23.9 Å². The fraction of sp³-hybridized carbons (Fsp3) is 0.471. The molecule has 2 atom stereocenters. The normalized spacial score (nSPS) is 20.9. The molecule has 0 aliphatic carbocycles. The summed E-state index contributed by atoms with van der Waals surface area (Å²) >= 11 is 0. The molecule has 130 valence electrons. The van der Waals surface area contributed by atoms with E-state index in [9.17, 15) is 23.1 Å². The highest BCUT2D eigenvalue weighted by Gasteiger charge is 2.36. The lowest BCUT2D eigenvalue weighted by molar-refractivity contribution is -0.137. The van der Waals surface area contributed by atoms with Crippen LogP contribution < -0.4 is 0 Å². The lowest BCUT2D eigenvalue weighted by Crippen LogP contribution is -2.32. The van der Waals surface area contributed by atoms with Crippen molar-refractivity contribution in [2.45, 2.75) is 31.2 Å². The van der Waals surface area contributed by atoms with Crippen molar-refractivity contribution in [1.29, 1.82) is 0 Å². The summed E-state index contributed by atoms with van der Waals surface area (Å²) in [4.78, 5) is 13.7. The Morgan fingerprint density at radius 3 is 2.62 bits per heavy atom. The van der Waals surface area contributed by atoms with Crippen LogP contribution in [0.4, 0.5) is 13.2 Å². The van der Waals surface area contributed by atoms with E-state index in [-0.39, 0.29) is 32.1 Å². The summed E-state index contributed by atoms with van der Waals surface area (Å²) in [6.07, 6.45) is 0.334. The first kappa shape index (κ1) is 18.3. The summed E-state index contributed by atoms with van der Waals surface area (Å²) in [5.41, 5.74) is -0.178. The van der Waals surface area contributed by atoms with Crippen LogP contribution in [-0.4, -0.2) is 41.8 Å². The highest BCUT2D eigenvalue weighted by molar-refractivity contribution is 5.77. The second kappa shape index (κ2) is 7.69. The summed E-state index contributed by atoms with van der Waals surface area (Å²) in [7, 11) is 0. The molecule has 1 aliphatic rings. The minimum atomic E-state index is -4.41. The zero-order valence-corrected chi connectivity index (χ0v) is 12.9. The number of rotatable bonds is 5. The third-order valence-corrected chi connectivity index (χ3v) is 3.87. The zero-order chi connectivity index (χ0) is 17.7. The lowest BCUT2D eigenvalue weighted by atomic mass is 10.0. The molecule has 7 heteroatoms. The van der Waals surface area contributed by atoms with Crippen molar-refractivity contribution >= 4 is 5.91 Å². The monoisotopic (exact) mass is 341 g/mol. The molecule has 1 fully saturated rings. The van der Waals surface area contributed by atoms with Gasteiger partial charge in [-0.1, -0.05) is 18.1 Å². The number of ether oxygens (including phenoxy) is 1. The van der Waals surface area contributed by atoms with Crippen LogP contribution in [-0.2, 0) is 15.7 Å². The molecule has 0 aromatic heterocycles. The van der Waals surface area contributed by atoms with E-state index in [4.69, 9.17) is 11.2 Å². The predicted molar refractivity (Wildman–Crippen MR) is 80.8 cm³/mol. The summed E-state index contributed by atoms with van der Waals surface area (Å²) < 4.78 is 43.0. The third-order valence-electron chi connectivity index (χ3n) is 3.87. The van der Waals surface area contributed by atoms with Gasteiger partial charge in [0.15, 0.2) is 0 Å². The number of aliphatic hydroxyl groups is 1. The number of terminal acetylenes is 1. The van der Waals surface area contributed by atoms with Gasteiger partial charge in [0, 0.05) is 6.54 Å². The van der Waals surface area contributed by atoms with Crippen LogP contribution in [0.25, 0.3) is 0 Å². The smallest absolute Gasteiger partial charge is 0.391 e. The number of carbonyl (C=O) groups excluding carboxylic acids is 1. The number of hydrogen-bond acceptors (Lipinski definition) is 3. The number of benzene rings is 1. The number of aliphatic hydroxyl groups excluding tert-OH is 1. The van der Waals surface area contributed by atoms with Gasteiger partial charge in [-0.25, -0.2) is 0 Å². The Bertz CT molecular complexity index is 607. The molecule has 1 aliphatic heterocycles. The van der Waals surface area contributed by atoms with Crippen molar-refractivity contribution < 1.29 is 27.8 Å². The van der Waals surface area contributed by atoms with E-state index in [1.165, 1.54) is 17.0 Å². The van der Waals surface area contributed by atoms with Gasteiger partial charge in [-0.2, -0.15) is 13.2 Å². The molecule has 0 bridgehead atoms. The molecule has 4 nitrogen and oxygen atoms in total. The minimum absolute atomic E-state index is 0.103. The van der Waals surface area contributed by atoms with E-state index >= 15 is 0 Å². The average Bonchev–Trinajstić information content (AvgIpc) is 2.93. The first-order chi connectivity index (χ1) is 11.3. The van der Waals surface area contributed by atoms with Gasteiger partial charge in [0.1, 0.15) is 6.61 Å². The quantitative estimate of drug-likeness (QED) is 0.661. The number of β-amino-alcohol motifs (C(OH)–C–C–N with tert-alkyl or cyclic N) is 1. The van der Waals surface area contributed by atoms with Gasteiger partial charge >= 0.3 is 6.18 Å². The minimum Gasteiger partial charge on any atom is -0.391 e. The molecule has 0 spiro atoms. The van der Waals surface area contributed by atoms with Crippen LogP contribution in [0.2, 0.25) is 0 Å². The number of alkyl halides is 3. The number of amides is 1. The predicted octanol–water partition coefficient (Wildman–Crippen LogP) is 2.38. The highest BCUT2D eigenvalue weighted by atomic mass is 19.4. The number of likely N-dealkylation sites (tertiary alicyclic amines) is 1. The van der Waals surface area contributed by atoms with E-state index in [0.29, 0.717) is 12.0 Å². The van der Waals surface area contributed by atoms with Crippen LogP contribution >= 0.6 is 0 Å². The van der Waals surface area contributed by atoms with Gasteiger partial charge < -0.3 is 14.7 Å². The van der Waals surface area contributed by atoms with E-state index in [0.717, 1.165) is 12.1 Å². The first-order valence-corrected chi connectivity index (χ1v) is 7.49. The van der Waals surface area contributed by atoms with Crippen LogP contribution in [0.15, 0.2) is 24.3 Å². The Hall–Kier alpha value is -2.04. The van der Waals surface area contributed by atoms with E-state index in [1.807, 2.05) is 0 Å². The van der Waals surface area contributed by atoms with Gasteiger partial charge in [0.05, 0.1) is 30.7 Å². The fourth-order valence-corrected chi connectivity index (χ4v) is 2.73. The van der Waals surface area contributed by atoms with Crippen LogP contribution in [0.5, 0.6) is 0 Å². The molecule has 0 radical (unpaired) electrons. The first-order valence-electron chi connectivity index (χ1n) is 7.49. The molecule has 1 aromatic carbocycles. The lowest BCUT2D eigenvalue weighted by Gasteiger charge is -2.25. The van der Waals surface area contributed by atoms with Crippen molar-refractivity contribution in [2.24, 2.45) is 0 Å². The van der Waals surface area contributed by atoms with E-state index in [1.54, 1.807) is 0 Å². The van der Waals surface area contributed by atoms with Crippen molar-refractivity contribution in [1.82, 2.24) is 4.90 Å². The highest BCUT2D eigenvalue weighted by Crippen LogP contribution is 2.35. The van der Waals surface area contributed by atoms with Crippen LogP contribution in [0, 0.1) is 12.3 Å². The van der Waals surface area contributed by atoms with Gasteiger partial charge in [0.2, 0.25) is 5.91 Å². The molecule has 1 N–H and O–H groups in total. The Balaban J connectivity index is 2.07. The molecule has 1 heterocycles. The molecule has 1 saturated heterocycles.